The van der Waals surface area contributed by atoms with E-state index >= 15 is 0 Å². The summed E-state index contributed by atoms with van der Waals surface area (Å²) in [6.45, 7) is 3.85. The molecule has 10 heteroatoms. The highest BCUT2D eigenvalue weighted by Gasteiger charge is 2.23. The number of hydrogen-bond donors (Lipinski definition) is 1. The van der Waals surface area contributed by atoms with Crippen LogP contribution in [0.4, 0.5) is 11.5 Å². The van der Waals surface area contributed by atoms with Gasteiger partial charge in [0.2, 0.25) is 0 Å². The zero-order valence-electron chi connectivity index (χ0n) is 16.7. The molecule has 1 aliphatic rings. The number of hydrogen-bond acceptors (Lipinski definition) is 8. The number of anilines is 2. The van der Waals surface area contributed by atoms with Crippen molar-refractivity contribution < 1.29 is 4.74 Å². The largest absolute Gasteiger partial charge is 0.374 e. The van der Waals surface area contributed by atoms with Crippen molar-refractivity contribution in [3.8, 4) is 0 Å². The van der Waals surface area contributed by atoms with Crippen LogP contribution >= 0.6 is 0 Å². The fourth-order valence-electron chi connectivity index (χ4n) is 3.70. The number of aryl methyl sites for hydroxylation is 1. The van der Waals surface area contributed by atoms with Crippen molar-refractivity contribution in [2.45, 2.75) is 19.2 Å². The van der Waals surface area contributed by atoms with Crippen molar-refractivity contribution in [1.82, 2.24) is 39.6 Å². The van der Waals surface area contributed by atoms with E-state index < -0.39 is 0 Å². The van der Waals surface area contributed by atoms with E-state index in [2.05, 4.69) is 35.6 Å². The number of morpholine rings is 1. The van der Waals surface area contributed by atoms with Crippen LogP contribution in [0.15, 0.2) is 49.1 Å². The van der Waals surface area contributed by atoms with Crippen LogP contribution in [0, 0.1) is 0 Å². The number of rotatable bonds is 6. The van der Waals surface area contributed by atoms with Gasteiger partial charge in [-0.1, -0.05) is 23.4 Å². The number of fused-ring (bicyclic) bond motifs is 1. The maximum Gasteiger partial charge on any atom is 0.183 e. The van der Waals surface area contributed by atoms with E-state index in [1.54, 1.807) is 4.68 Å². The van der Waals surface area contributed by atoms with Crippen molar-refractivity contribution in [3.05, 3.63) is 54.6 Å². The predicted octanol–water partition coefficient (Wildman–Crippen LogP) is 1.60. The van der Waals surface area contributed by atoms with Crippen LogP contribution in [0.3, 0.4) is 0 Å². The van der Waals surface area contributed by atoms with Crippen molar-refractivity contribution in [3.63, 3.8) is 0 Å². The van der Waals surface area contributed by atoms with Crippen LogP contribution in [0.25, 0.3) is 11.2 Å². The average molecular weight is 405 g/mol. The maximum absolute atomic E-state index is 5.99. The molecule has 0 saturated carbocycles. The van der Waals surface area contributed by atoms with Gasteiger partial charge in [-0.25, -0.2) is 14.6 Å². The minimum Gasteiger partial charge on any atom is -0.374 e. The van der Waals surface area contributed by atoms with E-state index in [1.807, 2.05) is 54.5 Å². The van der Waals surface area contributed by atoms with Crippen LogP contribution in [0.2, 0.25) is 0 Å². The van der Waals surface area contributed by atoms with Crippen molar-refractivity contribution in [2.75, 3.05) is 25.0 Å². The van der Waals surface area contributed by atoms with Gasteiger partial charge in [-0.05, 0) is 12.1 Å². The molecule has 1 aromatic carbocycles. The van der Waals surface area contributed by atoms with Crippen LogP contribution in [-0.4, -0.2) is 65.4 Å². The van der Waals surface area contributed by atoms with Crippen molar-refractivity contribution >= 4 is 22.7 Å². The standard InChI is InChI=1S/C20H23N9O/c1-27-10-15(9-23-27)11-28-7-8-30-17(12-28)13-29-20-18(25-26-29)19(21-14-22-20)24-16-5-3-2-4-6-16/h2-6,9-10,14,17H,7-8,11-13H2,1H3,(H,21,22,24)/t17-/m1/s1. The van der Waals surface area contributed by atoms with Crippen molar-refractivity contribution in [1.29, 1.82) is 0 Å². The molecule has 1 atom stereocenters. The molecule has 0 unspecified atom stereocenters. The Morgan fingerprint density at radius 2 is 2.10 bits per heavy atom. The molecular weight excluding hydrogens is 382 g/mol. The minimum absolute atomic E-state index is 0.0146. The Kier molecular flexibility index (Phi) is 5.08. The third-order valence-electron chi connectivity index (χ3n) is 5.10. The van der Waals surface area contributed by atoms with E-state index in [4.69, 9.17) is 4.74 Å². The van der Waals surface area contributed by atoms with Crippen LogP contribution < -0.4 is 5.32 Å². The first kappa shape index (κ1) is 18.6. The average Bonchev–Trinajstić information content (AvgIpc) is 3.36. The molecule has 1 saturated heterocycles. The third kappa shape index (κ3) is 4.00. The molecule has 4 heterocycles. The summed E-state index contributed by atoms with van der Waals surface area (Å²) in [7, 11) is 1.93. The van der Waals surface area contributed by atoms with Crippen LogP contribution in [0.1, 0.15) is 5.56 Å². The molecule has 3 aromatic heterocycles. The highest BCUT2D eigenvalue weighted by atomic mass is 16.5. The van der Waals surface area contributed by atoms with Gasteiger partial charge in [0.1, 0.15) is 6.33 Å². The SMILES string of the molecule is Cn1cc(CN2CCO[C@@H](Cn3nnc4c(Nc5ccccc5)ncnc43)C2)cn1. The van der Waals surface area contributed by atoms with Gasteiger partial charge < -0.3 is 10.1 Å². The van der Waals surface area contributed by atoms with Gasteiger partial charge in [-0.2, -0.15) is 5.10 Å². The second-order valence-corrected chi connectivity index (χ2v) is 7.41. The maximum atomic E-state index is 5.99. The Morgan fingerprint density at radius 3 is 2.93 bits per heavy atom. The first-order valence-corrected chi connectivity index (χ1v) is 9.92. The van der Waals surface area contributed by atoms with Gasteiger partial charge in [0, 0.05) is 44.1 Å². The van der Waals surface area contributed by atoms with E-state index in [-0.39, 0.29) is 6.10 Å². The summed E-state index contributed by atoms with van der Waals surface area (Å²) in [6.07, 6.45) is 5.51. The van der Waals surface area contributed by atoms with E-state index in [0.29, 0.717) is 30.1 Å². The summed E-state index contributed by atoms with van der Waals surface area (Å²) in [4.78, 5) is 11.1. The number of ether oxygens (including phenoxy) is 1. The summed E-state index contributed by atoms with van der Waals surface area (Å²) in [5.74, 6) is 0.639. The fraction of sp³-hybridized carbons (Fsp3) is 0.350. The van der Waals surface area contributed by atoms with Crippen molar-refractivity contribution in [2.24, 2.45) is 7.05 Å². The smallest absolute Gasteiger partial charge is 0.183 e. The normalized spacial score (nSPS) is 17.4. The number of nitrogens with one attached hydrogen (secondary N) is 1. The molecule has 0 aliphatic carbocycles. The Balaban J connectivity index is 1.30. The highest BCUT2D eigenvalue weighted by Crippen LogP contribution is 2.21. The molecule has 4 aromatic rings. The predicted molar refractivity (Wildman–Crippen MR) is 111 cm³/mol. The second-order valence-electron chi connectivity index (χ2n) is 7.41. The lowest BCUT2D eigenvalue weighted by molar-refractivity contribution is -0.0399. The van der Waals surface area contributed by atoms with E-state index in [0.717, 1.165) is 25.3 Å². The molecule has 0 radical (unpaired) electrons. The minimum atomic E-state index is 0.0146. The molecule has 10 nitrogen and oxygen atoms in total. The number of benzene rings is 1. The van der Waals surface area contributed by atoms with Crippen LogP contribution in [-0.2, 0) is 24.9 Å². The summed E-state index contributed by atoms with van der Waals surface area (Å²) < 4.78 is 9.62. The monoisotopic (exact) mass is 405 g/mol. The molecule has 1 N–H and O–H groups in total. The molecule has 1 fully saturated rings. The number of aromatic nitrogens is 7. The Labute approximate surface area is 173 Å². The zero-order chi connectivity index (χ0) is 20.3. The van der Waals surface area contributed by atoms with Gasteiger partial charge in [0.15, 0.2) is 17.0 Å². The Morgan fingerprint density at radius 1 is 1.20 bits per heavy atom. The van der Waals surface area contributed by atoms with Crippen LogP contribution in [0.5, 0.6) is 0 Å². The molecule has 1 aliphatic heterocycles. The number of para-hydroxylation sites is 1. The number of nitrogens with zero attached hydrogens (tertiary/aromatic N) is 8. The lowest BCUT2D eigenvalue weighted by atomic mass is 10.2. The molecule has 0 spiro atoms. The first-order chi connectivity index (χ1) is 14.7. The molecular formula is C20H23N9O. The first-order valence-electron chi connectivity index (χ1n) is 9.92. The topological polar surface area (TPSA) is 98.8 Å². The summed E-state index contributed by atoms with van der Waals surface area (Å²) >= 11 is 0. The molecule has 154 valence electrons. The Bertz CT molecular complexity index is 1120. The highest BCUT2D eigenvalue weighted by molar-refractivity contribution is 5.84. The van der Waals surface area contributed by atoms with Gasteiger partial charge in [0.25, 0.3) is 0 Å². The van der Waals surface area contributed by atoms with Gasteiger partial charge in [0.05, 0.1) is 25.5 Å². The van der Waals surface area contributed by atoms with E-state index in [9.17, 15) is 0 Å². The quantitative estimate of drug-likeness (QED) is 0.516. The van der Waals surface area contributed by atoms with Gasteiger partial charge in [-0.3, -0.25) is 9.58 Å². The lowest BCUT2D eigenvalue weighted by Crippen LogP contribution is -2.43. The third-order valence-corrected chi connectivity index (χ3v) is 5.10. The summed E-state index contributed by atoms with van der Waals surface area (Å²) in [6, 6.07) is 9.86. The molecule has 0 bridgehead atoms. The molecule has 0 amide bonds. The van der Waals surface area contributed by atoms with Gasteiger partial charge in [-0.15, -0.1) is 5.10 Å². The Hall–Kier alpha value is -3.37. The zero-order valence-corrected chi connectivity index (χ0v) is 16.7. The van der Waals surface area contributed by atoms with Gasteiger partial charge >= 0.3 is 0 Å². The second kappa shape index (κ2) is 8.17. The van der Waals surface area contributed by atoms with E-state index in [1.165, 1.54) is 11.9 Å². The summed E-state index contributed by atoms with van der Waals surface area (Å²) in [5, 5.41) is 16.2. The summed E-state index contributed by atoms with van der Waals surface area (Å²) in [5.41, 5.74) is 3.48. The molecule has 5 rings (SSSR count). The fourth-order valence-corrected chi connectivity index (χ4v) is 3.70. The molecule has 30 heavy (non-hydrogen) atoms. The lowest BCUT2D eigenvalue weighted by Gasteiger charge is -2.32.